The van der Waals surface area contributed by atoms with Gasteiger partial charge < -0.3 is 10.1 Å². The molecule has 1 aromatic rings. The van der Waals surface area contributed by atoms with Crippen LogP contribution in [-0.4, -0.2) is 18.9 Å². The molecule has 0 unspecified atom stereocenters. The van der Waals surface area contributed by atoms with Crippen molar-refractivity contribution in [2.75, 3.05) is 12.0 Å². The van der Waals surface area contributed by atoms with Gasteiger partial charge in [-0.15, -0.1) is 13.2 Å². The topological polar surface area (TPSA) is 38.3 Å². The molecule has 0 spiro atoms. The lowest BCUT2D eigenvalue weighted by atomic mass is 10.3. The van der Waals surface area contributed by atoms with Crippen LogP contribution in [0.25, 0.3) is 0 Å². The van der Waals surface area contributed by atoms with Gasteiger partial charge in [-0.1, -0.05) is 0 Å². The minimum Gasteiger partial charge on any atom is -0.404 e. The molecule has 17 heavy (non-hydrogen) atoms. The molecule has 1 amide bonds. The van der Waals surface area contributed by atoms with Gasteiger partial charge in [0.15, 0.2) is 12.4 Å². The van der Waals surface area contributed by atoms with Crippen LogP contribution in [0.5, 0.6) is 5.75 Å². The summed E-state index contributed by atoms with van der Waals surface area (Å²) in [6, 6.07) is 1.98. The lowest BCUT2D eigenvalue weighted by molar-refractivity contribution is -0.274. The quantitative estimate of drug-likeness (QED) is 0.843. The van der Waals surface area contributed by atoms with Crippen LogP contribution in [-0.2, 0) is 4.79 Å². The van der Waals surface area contributed by atoms with E-state index in [-0.39, 0.29) is 0 Å². The van der Waals surface area contributed by atoms with Crippen LogP contribution in [0.2, 0.25) is 0 Å². The van der Waals surface area contributed by atoms with Gasteiger partial charge in [0.05, 0.1) is 5.69 Å². The third-order valence-electron chi connectivity index (χ3n) is 1.56. The number of carbonyl (C=O) groups is 1. The zero-order chi connectivity index (χ0) is 13.1. The maximum atomic E-state index is 12.8. The fraction of sp³-hybridized carbons (Fsp3) is 0.222. The summed E-state index contributed by atoms with van der Waals surface area (Å²) in [5, 5.41) is 1.74. The van der Waals surface area contributed by atoms with Crippen molar-refractivity contribution in [3.8, 4) is 5.75 Å². The second-order valence-electron chi connectivity index (χ2n) is 2.87. The molecule has 0 aliphatic rings. The summed E-state index contributed by atoms with van der Waals surface area (Å²) in [6.07, 6.45) is -4.99. The van der Waals surface area contributed by atoms with Crippen molar-refractivity contribution in [1.29, 1.82) is 0 Å². The maximum absolute atomic E-state index is 12.8. The first-order valence-corrected chi connectivity index (χ1v) is 4.23. The second kappa shape index (κ2) is 4.98. The highest BCUT2D eigenvalue weighted by Gasteiger charge is 2.32. The van der Waals surface area contributed by atoms with E-state index >= 15 is 0 Å². The first-order chi connectivity index (χ1) is 7.81. The van der Waals surface area contributed by atoms with Gasteiger partial charge in [-0.25, -0.2) is 8.78 Å². The number of carbonyl (C=O) groups excluding carboxylic acids is 1. The molecule has 0 bridgehead atoms. The minimum absolute atomic E-state index is 0.592. The number of benzene rings is 1. The van der Waals surface area contributed by atoms with Crippen LogP contribution in [0, 0.1) is 5.82 Å². The van der Waals surface area contributed by atoms with Crippen LogP contribution in [0.4, 0.5) is 27.6 Å². The van der Waals surface area contributed by atoms with E-state index in [9.17, 15) is 26.7 Å². The number of hydrogen-bond acceptors (Lipinski definition) is 2. The lowest BCUT2D eigenvalue weighted by Gasteiger charge is -2.13. The van der Waals surface area contributed by atoms with Crippen molar-refractivity contribution < 1.29 is 31.5 Å². The van der Waals surface area contributed by atoms with Crippen LogP contribution in [0.1, 0.15) is 0 Å². The van der Waals surface area contributed by atoms with Crippen molar-refractivity contribution in [1.82, 2.24) is 0 Å². The molecule has 0 atom stereocenters. The molecule has 1 rings (SSSR count). The molecule has 0 aromatic heterocycles. The number of amides is 1. The Morgan fingerprint density at radius 2 is 2.00 bits per heavy atom. The molecule has 0 saturated heterocycles. The first-order valence-electron chi connectivity index (χ1n) is 4.23. The molecule has 1 N–H and O–H groups in total. The predicted molar refractivity (Wildman–Crippen MR) is 47.7 cm³/mol. The molecular weight excluding hydrogens is 249 g/mol. The van der Waals surface area contributed by atoms with Crippen molar-refractivity contribution in [3.05, 3.63) is 24.0 Å². The van der Waals surface area contributed by atoms with Gasteiger partial charge in [0.25, 0.3) is 5.91 Å². The Bertz CT molecular complexity index is 418. The monoisotopic (exact) mass is 255 g/mol. The number of rotatable bonds is 3. The van der Waals surface area contributed by atoms with Gasteiger partial charge in [-0.05, 0) is 12.1 Å². The number of alkyl halides is 4. The molecule has 0 aliphatic carbocycles. The van der Waals surface area contributed by atoms with E-state index < -0.39 is 36.2 Å². The van der Waals surface area contributed by atoms with E-state index in [1.165, 1.54) is 0 Å². The highest BCUT2D eigenvalue weighted by molar-refractivity contribution is 5.93. The van der Waals surface area contributed by atoms with Crippen LogP contribution in [0.15, 0.2) is 18.2 Å². The molecule has 0 aliphatic heterocycles. The van der Waals surface area contributed by atoms with Gasteiger partial charge in [0.1, 0.15) is 5.82 Å². The first kappa shape index (κ1) is 13.2. The number of nitrogens with one attached hydrogen (secondary N) is 1. The van der Waals surface area contributed by atoms with Crippen LogP contribution < -0.4 is 10.1 Å². The summed E-state index contributed by atoms with van der Waals surface area (Å²) in [5.41, 5.74) is -0.593. The second-order valence-corrected chi connectivity index (χ2v) is 2.87. The van der Waals surface area contributed by atoms with Crippen molar-refractivity contribution >= 4 is 11.6 Å². The largest absolute Gasteiger partial charge is 0.573 e. The van der Waals surface area contributed by atoms with Gasteiger partial charge >= 0.3 is 6.36 Å². The third kappa shape index (κ3) is 4.25. The SMILES string of the molecule is O=C(CF)Nc1cc(F)ccc1OC(F)(F)F. The summed E-state index contributed by atoms with van der Waals surface area (Å²) in [4.78, 5) is 10.7. The average molecular weight is 255 g/mol. The van der Waals surface area contributed by atoms with E-state index in [1.807, 2.05) is 0 Å². The summed E-state index contributed by atoms with van der Waals surface area (Å²) >= 11 is 0. The fourth-order valence-electron chi connectivity index (χ4n) is 0.997. The zero-order valence-electron chi connectivity index (χ0n) is 8.15. The summed E-state index contributed by atoms with van der Waals surface area (Å²) in [7, 11) is 0. The lowest BCUT2D eigenvalue weighted by Crippen LogP contribution is -2.20. The van der Waals surface area contributed by atoms with Gasteiger partial charge in [-0.3, -0.25) is 4.79 Å². The molecular formula is C9H6F5NO2. The molecule has 94 valence electrons. The van der Waals surface area contributed by atoms with Gasteiger partial charge in [-0.2, -0.15) is 0 Å². The molecule has 0 radical (unpaired) electrons. The Labute approximate surface area is 92.2 Å². The maximum Gasteiger partial charge on any atom is 0.573 e. The fourth-order valence-corrected chi connectivity index (χ4v) is 0.997. The highest BCUT2D eigenvalue weighted by atomic mass is 19.4. The molecule has 0 fully saturated rings. The standard InChI is InChI=1S/C9H6F5NO2/c10-4-8(16)15-6-3-5(11)1-2-7(6)17-9(12,13)14/h1-3H,4H2,(H,15,16). The molecule has 0 heterocycles. The Morgan fingerprint density at radius 3 is 2.53 bits per heavy atom. The average Bonchev–Trinajstić information content (AvgIpc) is 2.20. The van der Waals surface area contributed by atoms with Gasteiger partial charge in [0.2, 0.25) is 0 Å². The Morgan fingerprint density at radius 1 is 1.35 bits per heavy atom. The number of hydrogen-bond donors (Lipinski definition) is 1. The molecule has 0 saturated carbocycles. The summed E-state index contributed by atoms with van der Waals surface area (Å²) in [6.45, 7) is -1.44. The zero-order valence-corrected chi connectivity index (χ0v) is 8.15. The summed E-state index contributed by atoms with van der Waals surface area (Å²) < 4.78 is 64.0. The highest BCUT2D eigenvalue weighted by Crippen LogP contribution is 2.30. The predicted octanol–water partition coefficient (Wildman–Crippen LogP) is 2.63. The van der Waals surface area contributed by atoms with E-state index in [4.69, 9.17) is 0 Å². The van der Waals surface area contributed by atoms with Gasteiger partial charge in [0, 0.05) is 6.07 Å². The van der Waals surface area contributed by atoms with E-state index in [1.54, 1.807) is 5.32 Å². The van der Waals surface area contributed by atoms with E-state index in [2.05, 4.69) is 4.74 Å². The third-order valence-corrected chi connectivity index (χ3v) is 1.56. The Hall–Kier alpha value is -1.86. The Balaban J connectivity index is 2.99. The smallest absolute Gasteiger partial charge is 0.404 e. The normalized spacial score (nSPS) is 11.1. The van der Waals surface area contributed by atoms with Crippen molar-refractivity contribution in [2.45, 2.75) is 6.36 Å². The molecule has 3 nitrogen and oxygen atoms in total. The summed E-state index contributed by atoms with van der Waals surface area (Å²) in [5.74, 6) is -2.92. The van der Waals surface area contributed by atoms with Crippen molar-refractivity contribution in [3.63, 3.8) is 0 Å². The van der Waals surface area contributed by atoms with E-state index in [0.29, 0.717) is 18.2 Å². The van der Waals surface area contributed by atoms with Crippen LogP contribution in [0.3, 0.4) is 0 Å². The minimum atomic E-state index is -4.99. The Kier molecular flexibility index (Phi) is 3.87. The molecule has 1 aromatic carbocycles. The number of halogens is 5. The van der Waals surface area contributed by atoms with Crippen LogP contribution >= 0.6 is 0 Å². The van der Waals surface area contributed by atoms with Crippen molar-refractivity contribution in [2.24, 2.45) is 0 Å². The molecule has 8 heteroatoms. The number of anilines is 1. The van der Waals surface area contributed by atoms with E-state index in [0.717, 1.165) is 0 Å². The number of ether oxygens (including phenoxy) is 1.